The van der Waals surface area contributed by atoms with Crippen LogP contribution in [0.25, 0.3) is 0 Å². The number of benzene rings is 1. The lowest BCUT2D eigenvalue weighted by atomic mass is 10.0. The Kier molecular flexibility index (Phi) is 5.76. The normalized spacial score (nSPS) is 15.2. The molecule has 0 aliphatic carbocycles. The van der Waals surface area contributed by atoms with Crippen molar-refractivity contribution < 1.29 is 18.4 Å². The number of rotatable bonds is 5. The first kappa shape index (κ1) is 21.3. The lowest BCUT2D eigenvalue weighted by Crippen LogP contribution is -2.25. The number of hydrogen-bond acceptors (Lipinski definition) is 6. The van der Waals surface area contributed by atoms with Crippen LogP contribution in [-0.2, 0) is 11.4 Å². The number of carbonyl (C=O) groups excluding carboxylic acids is 1. The second kappa shape index (κ2) is 8.66. The monoisotopic (exact) mass is 439 g/mol. The van der Waals surface area contributed by atoms with Crippen molar-refractivity contribution in [2.24, 2.45) is 5.16 Å². The zero-order chi connectivity index (χ0) is 22.8. The number of oxime groups is 1. The summed E-state index contributed by atoms with van der Waals surface area (Å²) in [6.45, 7) is 3.36. The summed E-state index contributed by atoms with van der Waals surface area (Å²) in [6.07, 6.45) is 1.60. The topological polar surface area (TPSA) is 109 Å². The van der Waals surface area contributed by atoms with Gasteiger partial charge in [-0.05, 0) is 43.7 Å². The first-order valence-corrected chi connectivity index (χ1v) is 9.80. The fourth-order valence-corrected chi connectivity index (χ4v) is 3.27. The third kappa shape index (κ3) is 4.53. The number of H-pyrrole nitrogens is 1. The lowest BCUT2D eigenvalue weighted by molar-refractivity contribution is 0.0854. The largest absolute Gasteiger partial charge is 0.387 e. The van der Waals surface area contributed by atoms with E-state index in [4.69, 9.17) is 4.84 Å². The number of nitrogens with zero attached hydrogens (tertiary/aromatic N) is 3. The molecule has 1 aliphatic heterocycles. The number of aryl methyl sites for hydroxylation is 2. The molecule has 0 fully saturated rings. The van der Waals surface area contributed by atoms with Gasteiger partial charge in [-0.15, -0.1) is 0 Å². The van der Waals surface area contributed by atoms with E-state index in [9.17, 15) is 18.4 Å². The molecule has 4 rings (SSSR count). The summed E-state index contributed by atoms with van der Waals surface area (Å²) in [4.78, 5) is 40.8. The zero-order valence-corrected chi connectivity index (χ0v) is 17.3. The Bertz CT molecular complexity index is 1290. The van der Waals surface area contributed by atoms with Gasteiger partial charge in [0.2, 0.25) is 0 Å². The summed E-state index contributed by atoms with van der Waals surface area (Å²) in [5.41, 5.74) is 2.68. The smallest absolute Gasteiger partial charge is 0.270 e. The second-order valence-corrected chi connectivity index (χ2v) is 7.40. The number of hydrogen-bond donors (Lipinski definition) is 2. The fraction of sp³-hybridized carbons (Fsp3) is 0.227. The highest BCUT2D eigenvalue weighted by Gasteiger charge is 2.26. The van der Waals surface area contributed by atoms with Crippen molar-refractivity contribution in [3.8, 4) is 0 Å². The summed E-state index contributed by atoms with van der Waals surface area (Å²) in [5.74, 6) is -2.06. The number of aromatic nitrogens is 3. The van der Waals surface area contributed by atoms with Crippen molar-refractivity contribution >= 4 is 11.6 Å². The zero-order valence-electron chi connectivity index (χ0n) is 17.3. The second-order valence-electron chi connectivity index (χ2n) is 7.40. The van der Waals surface area contributed by atoms with Crippen LogP contribution in [0, 0.1) is 25.5 Å². The van der Waals surface area contributed by atoms with Gasteiger partial charge in [-0.1, -0.05) is 11.2 Å². The molecule has 2 N–H and O–H groups in total. The molecule has 1 amide bonds. The Morgan fingerprint density at radius 3 is 2.75 bits per heavy atom. The van der Waals surface area contributed by atoms with E-state index in [1.807, 2.05) is 0 Å². The van der Waals surface area contributed by atoms with Gasteiger partial charge in [0.15, 0.2) is 17.7 Å². The van der Waals surface area contributed by atoms with Crippen LogP contribution >= 0.6 is 0 Å². The van der Waals surface area contributed by atoms with Crippen LogP contribution in [0.1, 0.15) is 51.2 Å². The molecule has 1 atom stereocenters. The first-order chi connectivity index (χ1) is 15.3. The minimum atomic E-state index is -0.983. The SMILES string of the molecule is Cc1nc(C(=O)NCc2ccc(F)c(F)c2)cc(C2=NOC(c3c[nH]c(=O)c(C)c3)C2)n1. The third-order valence-corrected chi connectivity index (χ3v) is 4.96. The molecular formula is C22H19F2N5O3. The van der Waals surface area contributed by atoms with Crippen LogP contribution in [0.2, 0.25) is 0 Å². The van der Waals surface area contributed by atoms with Crippen molar-refractivity contribution in [1.29, 1.82) is 0 Å². The molecule has 10 heteroatoms. The molecule has 1 aliphatic rings. The molecule has 0 saturated heterocycles. The molecule has 8 nitrogen and oxygen atoms in total. The van der Waals surface area contributed by atoms with Crippen molar-refractivity contribution in [1.82, 2.24) is 20.3 Å². The number of nitrogens with one attached hydrogen (secondary N) is 2. The summed E-state index contributed by atoms with van der Waals surface area (Å²) >= 11 is 0. The number of halogens is 2. The van der Waals surface area contributed by atoms with Crippen LogP contribution in [-0.4, -0.2) is 26.6 Å². The summed E-state index contributed by atoms with van der Waals surface area (Å²) < 4.78 is 26.4. The van der Waals surface area contributed by atoms with Crippen LogP contribution in [0.4, 0.5) is 8.78 Å². The Labute approximate surface area is 181 Å². The third-order valence-electron chi connectivity index (χ3n) is 4.96. The lowest BCUT2D eigenvalue weighted by Gasteiger charge is -2.09. The number of carbonyl (C=O) groups is 1. The molecule has 0 spiro atoms. The molecule has 32 heavy (non-hydrogen) atoms. The molecule has 3 heterocycles. The number of amides is 1. The highest BCUT2D eigenvalue weighted by atomic mass is 19.2. The van der Waals surface area contributed by atoms with E-state index in [2.05, 4.69) is 25.4 Å². The van der Waals surface area contributed by atoms with E-state index in [-0.39, 0.29) is 23.9 Å². The summed E-state index contributed by atoms with van der Waals surface area (Å²) in [6, 6.07) is 6.65. The van der Waals surface area contributed by atoms with E-state index in [1.54, 1.807) is 26.1 Å². The first-order valence-electron chi connectivity index (χ1n) is 9.80. The standard InChI is InChI=1S/C22H19F2N5O3/c1-11-5-14(10-26-21(11)30)20-8-18(29-32-20)17-7-19(28-12(2)27-17)22(31)25-9-13-3-4-15(23)16(24)6-13/h3-7,10,20H,8-9H2,1-2H3,(H,25,31)(H,26,30). The Balaban J connectivity index is 1.47. The highest BCUT2D eigenvalue weighted by molar-refractivity contribution is 6.02. The molecule has 2 aromatic heterocycles. The Morgan fingerprint density at radius 2 is 2.00 bits per heavy atom. The quantitative estimate of drug-likeness (QED) is 0.635. The van der Waals surface area contributed by atoms with Crippen molar-refractivity contribution in [2.45, 2.75) is 32.9 Å². The van der Waals surface area contributed by atoms with Gasteiger partial charge in [0.1, 0.15) is 17.2 Å². The maximum Gasteiger partial charge on any atom is 0.270 e. The molecule has 1 unspecified atom stereocenters. The van der Waals surface area contributed by atoms with E-state index in [0.29, 0.717) is 34.8 Å². The molecule has 1 aromatic carbocycles. The molecule has 0 bridgehead atoms. The van der Waals surface area contributed by atoms with E-state index < -0.39 is 17.5 Å². The Hall–Kier alpha value is -3.95. The van der Waals surface area contributed by atoms with Gasteiger partial charge in [-0.25, -0.2) is 18.7 Å². The minimum absolute atomic E-state index is 0.00606. The Morgan fingerprint density at radius 1 is 1.19 bits per heavy atom. The van der Waals surface area contributed by atoms with Crippen molar-refractivity contribution in [2.75, 3.05) is 0 Å². The van der Waals surface area contributed by atoms with E-state index in [0.717, 1.165) is 17.7 Å². The maximum atomic E-state index is 13.4. The van der Waals surface area contributed by atoms with Gasteiger partial charge in [0.05, 0.1) is 5.69 Å². The summed E-state index contributed by atoms with van der Waals surface area (Å²) in [7, 11) is 0. The predicted octanol–water partition coefficient (Wildman–Crippen LogP) is 2.86. The van der Waals surface area contributed by atoms with Gasteiger partial charge in [0, 0.05) is 30.3 Å². The molecule has 3 aromatic rings. The number of pyridine rings is 1. The van der Waals surface area contributed by atoms with Crippen LogP contribution < -0.4 is 10.9 Å². The van der Waals surface area contributed by atoms with Crippen molar-refractivity contribution in [3.05, 3.63) is 92.4 Å². The van der Waals surface area contributed by atoms with Gasteiger partial charge in [-0.2, -0.15) is 0 Å². The van der Waals surface area contributed by atoms with Gasteiger partial charge >= 0.3 is 0 Å². The van der Waals surface area contributed by atoms with Crippen LogP contribution in [0.5, 0.6) is 0 Å². The van der Waals surface area contributed by atoms with Gasteiger partial charge in [-0.3, -0.25) is 9.59 Å². The maximum absolute atomic E-state index is 13.4. The minimum Gasteiger partial charge on any atom is -0.387 e. The van der Waals surface area contributed by atoms with E-state index >= 15 is 0 Å². The fourth-order valence-electron chi connectivity index (χ4n) is 3.27. The molecular weight excluding hydrogens is 420 g/mol. The molecule has 0 saturated carbocycles. The van der Waals surface area contributed by atoms with Crippen molar-refractivity contribution in [3.63, 3.8) is 0 Å². The average molecular weight is 439 g/mol. The predicted molar refractivity (Wildman–Crippen MR) is 111 cm³/mol. The average Bonchev–Trinajstić information content (AvgIpc) is 3.26. The van der Waals surface area contributed by atoms with Crippen LogP contribution in [0.15, 0.2) is 46.5 Å². The van der Waals surface area contributed by atoms with E-state index in [1.165, 1.54) is 12.1 Å². The van der Waals surface area contributed by atoms with Gasteiger partial charge in [0.25, 0.3) is 11.5 Å². The molecule has 0 radical (unpaired) electrons. The highest BCUT2D eigenvalue weighted by Crippen LogP contribution is 2.28. The molecule has 164 valence electrons. The number of aromatic amines is 1. The van der Waals surface area contributed by atoms with Gasteiger partial charge < -0.3 is 15.1 Å². The summed E-state index contributed by atoms with van der Waals surface area (Å²) in [5, 5.41) is 6.72. The van der Waals surface area contributed by atoms with Crippen LogP contribution in [0.3, 0.4) is 0 Å².